The predicted octanol–water partition coefficient (Wildman–Crippen LogP) is 6.90. The molecule has 0 fully saturated rings. The standard InChI is InChI=1S/C22H15N2.C8H5.Pt/c1-3-9-17(10-4-1)19-15-21(18-11-5-2-6-12-18)24-22(16-19)20-13-7-8-14-23-20;1-2-8-6-4-3-5-7-8;/h1-11,13-16H;3-7H;/q2*-1;+2. The number of rotatable bonds is 3. The zero-order chi connectivity index (χ0) is 22.0. The van der Waals surface area contributed by atoms with Gasteiger partial charge in [0, 0.05) is 6.20 Å². The van der Waals surface area contributed by atoms with Crippen LogP contribution in [0.3, 0.4) is 0 Å². The molecule has 3 heteroatoms. The molecule has 2 aromatic heterocycles. The van der Waals surface area contributed by atoms with Crippen LogP contribution in [0.2, 0.25) is 0 Å². The number of hydrogen-bond acceptors (Lipinski definition) is 2. The van der Waals surface area contributed by atoms with E-state index in [1.165, 1.54) is 0 Å². The van der Waals surface area contributed by atoms with Crippen molar-refractivity contribution in [2.24, 2.45) is 0 Å². The van der Waals surface area contributed by atoms with E-state index < -0.39 is 0 Å². The first-order valence-corrected chi connectivity index (χ1v) is 10.3. The fourth-order valence-corrected chi connectivity index (χ4v) is 3.19. The van der Waals surface area contributed by atoms with Crippen LogP contribution < -0.4 is 0 Å². The second-order valence-corrected chi connectivity index (χ2v) is 6.97. The summed E-state index contributed by atoms with van der Waals surface area (Å²) in [5, 5.41) is 0. The Labute approximate surface area is 209 Å². The van der Waals surface area contributed by atoms with Gasteiger partial charge in [-0.05, 0) is 35.0 Å². The maximum absolute atomic E-state index is 6.69. The molecule has 5 aromatic rings. The van der Waals surface area contributed by atoms with Gasteiger partial charge in [0.05, 0.1) is 11.4 Å². The fourth-order valence-electron chi connectivity index (χ4n) is 3.19. The van der Waals surface area contributed by atoms with Crippen LogP contribution in [0.1, 0.15) is 5.56 Å². The minimum atomic E-state index is 0. The summed E-state index contributed by atoms with van der Waals surface area (Å²) in [6.07, 6.45) is 8.49. The summed E-state index contributed by atoms with van der Waals surface area (Å²) in [6, 6.07) is 40.9. The van der Waals surface area contributed by atoms with E-state index in [0.717, 1.165) is 39.3 Å². The van der Waals surface area contributed by atoms with Gasteiger partial charge < -0.3 is 6.42 Å². The largest absolute Gasteiger partial charge is 2.00 e. The molecule has 0 saturated carbocycles. The van der Waals surface area contributed by atoms with E-state index in [1.54, 1.807) is 6.20 Å². The van der Waals surface area contributed by atoms with Crippen LogP contribution in [0.4, 0.5) is 0 Å². The minimum absolute atomic E-state index is 0. The van der Waals surface area contributed by atoms with Crippen molar-refractivity contribution < 1.29 is 21.1 Å². The van der Waals surface area contributed by atoms with Gasteiger partial charge in [0.2, 0.25) is 0 Å². The average Bonchev–Trinajstić information content (AvgIpc) is 2.91. The van der Waals surface area contributed by atoms with E-state index in [4.69, 9.17) is 11.4 Å². The van der Waals surface area contributed by atoms with E-state index in [0.29, 0.717) is 0 Å². The smallest absolute Gasteiger partial charge is 0.366 e. The fraction of sp³-hybridized carbons (Fsp3) is 0. The van der Waals surface area contributed by atoms with Gasteiger partial charge in [0.25, 0.3) is 0 Å². The van der Waals surface area contributed by atoms with Crippen molar-refractivity contribution in [3.63, 3.8) is 0 Å². The molecule has 2 nitrogen and oxygen atoms in total. The van der Waals surface area contributed by atoms with Crippen LogP contribution in [0.15, 0.2) is 121 Å². The molecule has 0 aliphatic heterocycles. The second-order valence-electron chi connectivity index (χ2n) is 6.97. The average molecular weight is 604 g/mol. The Morgan fingerprint density at radius 3 is 1.91 bits per heavy atom. The Bertz CT molecular complexity index is 1160. The molecule has 0 N–H and O–H groups in total. The Hall–Kier alpha value is -3.79. The van der Waals surface area contributed by atoms with Crippen molar-refractivity contribution in [3.05, 3.63) is 140 Å². The summed E-state index contributed by atoms with van der Waals surface area (Å²) < 4.78 is 0. The summed E-state index contributed by atoms with van der Waals surface area (Å²) in [5.41, 5.74) is 6.72. The van der Waals surface area contributed by atoms with Gasteiger partial charge in [-0.25, -0.2) is 0 Å². The van der Waals surface area contributed by atoms with Gasteiger partial charge in [0.1, 0.15) is 0 Å². The van der Waals surface area contributed by atoms with Gasteiger partial charge in [-0.3, -0.25) is 15.9 Å². The van der Waals surface area contributed by atoms with Gasteiger partial charge in [-0.1, -0.05) is 60.7 Å². The first-order valence-electron chi connectivity index (χ1n) is 10.3. The van der Waals surface area contributed by atoms with Crippen molar-refractivity contribution in [1.29, 1.82) is 0 Å². The molecule has 33 heavy (non-hydrogen) atoms. The van der Waals surface area contributed by atoms with E-state index in [9.17, 15) is 0 Å². The van der Waals surface area contributed by atoms with Crippen LogP contribution in [-0.4, -0.2) is 9.97 Å². The topological polar surface area (TPSA) is 25.8 Å². The molecular weight excluding hydrogens is 583 g/mol. The first kappa shape index (κ1) is 23.9. The third-order valence-corrected chi connectivity index (χ3v) is 4.76. The molecular formula is C30H20N2Pt. The van der Waals surface area contributed by atoms with Gasteiger partial charge in [-0.2, -0.15) is 0 Å². The molecule has 0 aliphatic rings. The van der Waals surface area contributed by atoms with Crippen LogP contribution in [0.25, 0.3) is 33.8 Å². The molecule has 3 aromatic carbocycles. The number of benzene rings is 3. The number of nitrogens with zero attached hydrogens (tertiary/aromatic N) is 2. The van der Waals surface area contributed by atoms with E-state index in [1.807, 2.05) is 91.0 Å². The Kier molecular flexibility index (Phi) is 8.89. The summed E-state index contributed by atoms with van der Waals surface area (Å²) in [7, 11) is 0. The van der Waals surface area contributed by atoms with Gasteiger partial charge in [-0.15, -0.1) is 53.6 Å². The molecule has 0 unspecified atom stereocenters. The Balaban J connectivity index is 0.000000290. The van der Waals surface area contributed by atoms with Crippen molar-refractivity contribution in [2.75, 3.05) is 0 Å². The minimum Gasteiger partial charge on any atom is -0.366 e. The van der Waals surface area contributed by atoms with E-state index >= 15 is 0 Å². The zero-order valence-corrected chi connectivity index (χ0v) is 20.0. The first-order chi connectivity index (χ1) is 15.8. The van der Waals surface area contributed by atoms with Crippen molar-refractivity contribution in [1.82, 2.24) is 9.97 Å². The van der Waals surface area contributed by atoms with Gasteiger partial charge >= 0.3 is 21.1 Å². The molecule has 0 atom stereocenters. The van der Waals surface area contributed by atoms with Crippen LogP contribution in [0, 0.1) is 18.4 Å². The maximum atomic E-state index is 6.69. The monoisotopic (exact) mass is 603 g/mol. The normalized spacial score (nSPS) is 9.55. The summed E-state index contributed by atoms with van der Waals surface area (Å²) in [4.78, 5) is 9.25. The van der Waals surface area contributed by atoms with Crippen molar-refractivity contribution in [3.8, 4) is 39.7 Å². The van der Waals surface area contributed by atoms with E-state index in [-0.39, 0.29) is 21.1 Å². The predicted molar refractivity (Wildman–Crippen MR) is 130 cm³/mol. The van der Waals surface area contributed by atoms with E-state index in [2.05, 4.69) is 41.2 Å². The molecule has 0 spiro atoms. The molecule has 2 heterocycles. The summed E-state index contributed by atoms with van der Waals surface area (Å²) in [6.45, 7) is 0. The Morgan fingerprint density at radius 2 is 1.30 bits per heavy atom. The van der Waals surface area contributed by atoms with Crippen LogP contribution in [-0.2, 0) is 21.1 Å². The second kappa shape index (κ2) is 12.3. The van der Waals surface area contributed by atoms with Crippen molar-refractivity contribution in [2.45, 2.75) is 0 Å². The van der Waals surface area contributed by atoms with Gasteiger partial charge in [0.15, 0.2) is 0 Å². The van der Waals surface area contributed by atoms with Crippen molar-refractivity contribution >= 4 is 0 Å². The molecule has 0 aliphatic carbocycles. The van der Waals surface area contributed by atoms with Crippen LogP contribution >= 0.6 is 0 Å². The third kappa shape index (κ3) is 6.59. The SMILES string of the molecule is [C-]#Cc1ccccc1.[Pt+2].[c-]1ccccc1-c1cc(-c2ccccc2)cc(-c2ccccn2)n1. The third-order valence-electron chi connectivity index (χ3n) is 4.76. The number of aromatic nitrogens is 2. The molecule has 0 amide bonds. The molecule has 5 rings (SSSR count). The Morgan fingerprint density at radius 1 is 0.636 bits per heavy atom. The summed E-state index contributed by atoms with van der Waals surface area (Å²) in [5.74, 6) is 2.28. The summed E-state index contributed by atoms with van der Waals surface area (Å²) >= 11 is 0. The quantitative estimate of drug-likeness (QED) is 0.166. The molecule has 0 radical (unpaired) electrons. The maximum Gasteiger partial charge on any atom is 2.00 e. The molecule has 0 bridgehead atoms. The number of pyridine rings is 2. The number of hydrogen-bond donors (Lipinski definition) is 0. The molecule has 0 saturated heterocycles. The van der Waals surface area contributed by atoms with Crippen LogP contribution in [0.5, 0.6) is 0 Å². The molecule has 160 valence electrons. The zero-order valence-electron chi connectivity index (χ0n) is 17.8.